The molecule has 1 amide bonds. The van der Waals surface area contributed by atoms with E-state index in [0.29, 0.717) is 11.3 Å². The number of carbonyl (C=O) groups excluding carboxylic acids is 1. The van der Waals surface area contributed by atoms with Gasteiger partial charge in [-0.25, -0.2) is 13.6 Å². The second-order valence-electron chi connectivity index (χ2n) is 4.08. The average molecular weight is 324 g/mol. The van der Waals surface area contributed by atoms with Crippen molar-refractivity contribution >= 4 is 34.0 Å². The number of nitrogens with two attached hydrogens (primary N) is 2. The van der Waals surface area contributed by atoms with Crippen molar-refractivity contribution in [1.82, 2.24) is 0 Å². The molecule has 0 saturated heterocycles. The summed E-state index contributed by atoms with van der Waals surface area (Å²) in [5, 5.41) is 7.58. The van der Waals surface area contributed by atoms with Gasteiger partial charge in [0.15, 0.2) is 0 Å². The Kier molecular flexibility index (Phi) is 7.11. The normalized spacial score (nSPS) is 12.4. The van der Waals surface area contributed by atoms with Crippen molar-refractivity contribution < 1.29 is 17.9 Å². The Morgan fingerprint density at radius 2 is 2.05 bits per heavy atom. The third kappa shape index (κ3) is 5.06. The Hall–Kier alpha value is -1.19. The first kappa shape index (κ1) is 18.8. The molecular formula is C11H18ClN3O4S. The molecule has 1 atom stereocenters. The number of primary sulfonamides is 1. The lowest BCUT2D eigenvalue weighted by molar-refractivity contribution is -0.118. The molecule has 0 bridgehead atoms. The van der Waals surface area contributed by atoms with Gasteiger partial charge in [0.25, 0.3) is 0 Å². The number of ether oxygens (including phenoxy) is 1. The molecule has 0 aromatic heterocycles. The quantitative estimate of drug-likeness (QED) is 0.702. The summed E-state index contributed by atoms with van der Waals surface area (Å²) in [5.74, 6) is -0.467. The standard InChI is InChI=1S/C11H17N3O4S.ClH/c1-7-3-4-8(5-10(7)19(13,16)17)14-11(15)9(12)6-18-2;/h3-5,9H,6,12H2,1-2H3,(H,14,15)(H2,13,16,17);1H. The zero-order valence-corrected chi connectivity index (χ0v) is 12.8. The van der Waals surface area contributed by atoms with Crippen LogP contribution in [0.4, 0.5) is 5.69 Å². The fourth-order valence-corrected chi connectivity index (χ4v) is 2.28. The molecule has 114 valence electrons. The topological polar surface area (TPSA) is 125 Å². The predicted octanol–water partition coefficient (Wildman–Crippen LogP) is -0.0236. The number of halogens is 1. The number of aryl methyl sites for hydroxylation is 1. The molecule has 0 aliphatic carbocycles. The maximum absolute atomic E-state index is 11.7. The van der Waals surface area contributed by atoms with Crippen LogP contribution in [-0.4, -0.2) is 34.1 Å². The minimum atomic E-state index is -3.83. The van der Waals surface area contributed by atoms with Gasteiger partial charge in [-0.2, -0.15) is 0 Å². The first-order chi connectivity index (χ1) is 8.75. The molecule has 1 unspecified atom stereocenters. The van der Waals surface area contributed by atoms with Gasteiger partial charge in [0.2, 0.25) is 15.9 Å². The molecule has 1 aromatic rings. The van der Waals surface area contributed by atoms with Gasteiger partial charge < -0.3 is 15.8 Å². The second kappa shape index (κ2) is 7.55. The van der Waals surface area contributed by atoms with Gasteiger partial charge in [0.1, 0.15) is 6.04 Å². The van der Waals surface area contributed by atoms with E-state index < -0.39 is 22.0 Å². The second-order valence-corrected chi connectivity index (χ2v) is 5.61. The largest absolute Gasteiger partial charge is 0.383 e. The molecule has 9 heteroatoms. The number of hydrogen-bond donors (Lipinski definition) is 3. The number of benzene rings is 1. The van der Waals surface area contributed by atoms with Crippen molar-refractivity contribution in [3.8, 4) is 0 Å². The van der Waals surface area contributed by atoms with E-state index >= 15 is 0 Å². The van der Waals surface area contributed by atoms with E-state index in [-0.39, 0.29) is 23.9 Å². The Morgan fingerprint density at radius 3 is 2.55 bits per heavy atom. The smallest absolute Gasteiger partial charge is 0.243 e. The van der Waals surface area contributed by atoms with Crippen LogP contribution in [0.5, 0.6) is 0 Å². The number of rotatable bonds is 5. The van der Waals surface area contributed by atoms with E-state index in [9.17, 15) is 13.2 Å². The van der Waals surface area contributed by atoms with Crippen molar-refractivity contribution in [3.63, 3.8) is 0 Å². The molecule has 0 heterocycles. The summed E-state index contributed by atoms with van der Waals surface area (Å²) >= 11 is 0. The lowest BCUT2D eigenvalue weighted by atomic mass is 10.2. The Morgan fingerprint density at radius 1 is 1.45 bits per heavy atom. The van der Waals surface area contributed by atoms with Crippen molar-refractivity contribution in [1.29, 1.82) is 0 Å². The van der Waals surface area contributed by atoms with E-state index in [4.69, 9.17) is 15.6 Å². The number of nitrogens with one attached hydrogen (secondary N) is 1. The SMILES string of the molecule is COCC(N)C(=O)Nc1ccc(C)c(S(N)(=O)=O)c1.Cl. The van der Waals surface area contributed by atoms with E-state index in [0.717, 1.165) is 0 Å². The molecule has 7 nitrogen and oxygen atoms in total. The Labute approximate surface area is 124 Å². The summed E-state index contributed by atoms with van der Waals surface area (Å²) in [4.78, 5) is 11.6. The summed E-state index contributed by atoms with van der Waals surface area (Å²) in [6, 6.07) is 3.59. The van der Waals surface area contributed by atoms with Crippen molar-refractivity contribution in [2.75, 3.05) is 19.0 Å². The van der Waals surface area contributed by atoms with Gasteiger partial charge in [-0.1, -0.05) is 6.07 Å². The van der Waals surface area contributed by atoms with Crippen LogP contribution in [0, 0.1) is 6.92 Å². The molecule has 20 heavy (non-hydrogen) atoms. The molecule has 5 N–H and O–H groups in total. The van der Waals surface area contributed by atoms with Crippen LogP contribution in [0.2, 0.25) is 0 Å². The van der Waals surface area contributed by atoms with Crippen molar-refractivity contribution in [2.45, 2.75) is 17.9 Å². The minimum absolute atomic E-state index is 0. The molecule has 0 radical (unpaired) electrons. The zero-order chi connectivity index (χ0) is 14.6. The third-order valence-corrected chi connectivity index (χ3v) is 3.50. The first-order valence-electron chi connectivity index (χ1n) is 5.44. The maximum Gasteiger partial charge on any atom is 0.243 e. The predicted molar refractivity (Wildman–Crippen MR) is 78.3 cm³/mol. The first-order valence-corrected chi connectivity index (χ1v) is 6.99. The van der Waals surface area contributed by atoms with Gasteiger partial charge in [-0.3, -0.25) is 4.79 Å². The fraction of sp³-hybridized carbons (Fsp3) is 0.364. The summed E-state index contributed by atoms with van der Waals surface area (Å²) in [6.07, 6.45) is 0. The van der Waals surface area contributed by atoms with Crippen LogP contribution < -0.4 is 16.2 Å². The lowest BCUT2D eigenvalue weighted by Crippen LogP contribution is -2.39. The van der Waals surface area contributed by atoms with Crippen LogP contribution in [0.3, 0.4) is 0 Å². The Balaban J connectivity index is 0.00000361. The Bertz CT molecular complexity index is 577. The lowest BCUT2D eigenvalue weighted by Gasteiger charge is -2.12. The third-order valence-electron chi connectivity index (χ3n) is 2.45. The van der Waals surface area contributed by atoms with Crippen LogP contribution in [-0.2, 0) is 19.6 Å². The highest BCUT2D eigenvalue weighted by atomic mass is 35.5. The number of methoxy groups -OCH3 is 1. The fourth-order valence-electron chi connectivity index (χ4n) is 1.47. The van der Waals surface area contributed by atoms with Gasteiger partial charge in [0, 0.05) is 12.8 Å². The minimum Gasteiger partial charge on any atom is -0.383 e. The highest BCUT2D eigenvalue weighted by Crippen LogP contribution is 2.19. The number of anilines is 1. The van der Waals surface area contributed by atoms with Crippen LogP contribution >= 0.6 is 12.4 Å². The van der Waals surface area contributed by atoms with Crippen LogP contribution in [0.25, 0.3) is 0 Å². The van der Waals surface area contributed by atoms with E-state index in [1.807, 2.05) is 0 Å². The van der Waals surface area contributed by atoms with E-state index in [2.05, 4.69) is 5.32 Å². The van der Waals surface area contributed by atoms with Crippen molar-refractivity contribution in [3.05, 3.63) is 23.8 Å². The molecule has 0 spiro atoms. The molecule has 0 fully saturated rings. The van der Waals surface area contributed by atoms with Gasteiger partial charge in [-0.05, 0) is 24.6 Å². The summed E-state index contributed by atoms with van der Waals surface area (Å²) < 4.78 is 27.5. The van der Waals surface area contributed by atoms with Crippen LogP contribution in [0.1, 0.15) is 5.56 Å². The van der Waals surface area contributed by atoms with Gasteiger partial charge >= 0.3 is 0 Å². The van der Waals surface area contributed by atoms with Gasteiger partial charge in [-0.15, -0.1) is 12.4 Å². The summed E-state index contributed by atoms with van der Waals surface area (Å²) in [6.45, 7) is 1.68. The molecule has 0 aliphatic heterocycles. The molecule has 0 aliphatic rings. The van der Waals surface area contributed by atoms with Gasteiger partial charge in [0.05, 0.1) is 11.5 Å². The number of sulfonamides is 1. The monoisotopic (exact) mass is 323 g/mol. The highest BCUT2D eigenvalue weighted by molar-refractivity contribution is 7.89. The highest BCUT2D eigenvalue weighted by Gasteiger charge is 2.16. The number of hydrogen-bond acceptors (Lipinski definition) is 5. The average Bonchev–Trinajstić information content (AvgIpc) is 2.30. The van der Waals surface area contributed by atoms with Crippen molar-refractivity contribution in [2.24, 2.45) is 10.9 Å². The maximum atomic E-state index is 11.7. The van der Waals surface area contributed by atoms with Crippen LogP contribution in [0.15, 0.2) is 23.1 Å². The zero-order valence-electron chi connectivity index (χ0n) is 11.1. The summed E-state index contributed by atoms with van der Waals surface area (Å²) in [5.41, 5.74) is 6.36. The number of amides is 1. The summed E-state index contributed by atoms with van der Waals surface area (Å²) in [7, 11) is -2.40. The molecule has 0 saturated carbocycles. The van der Waals surface area contributed by atoms with E-state index in [1.165, 1.54) is 13.2 Å². The number of carbonyl (C=O) groups is 1. The van der Waals surface area contributed by atoms with E-state index in [1.54, 1.807) is 19.1 Å². The molecular weight excluding hydrogens is 306 g/mol. The molecule has 1 rings (SSSR count). The molecule has 1 aromatic carbocycles.